The number of H-pyrrole nitrogens is 1. The molecule has 1 heterocycles. The zero-order valence-electron chi connectivity index (χ0n) is 12.2. The van der Waals surface area contributed by atoms with Crippen LogP contribution in [0.25, 0.3) is 0 Å². The molecule has 0 unspecified atom stereocenters. The van der Waals surface area contributed by atoms with Gasteiger partial charge in [-0.1, -0.05) is 13.8 Å². The van der Waals surface area contributed by atoms with E-state index >= 15 is 0 Å². The topological polar surface area (TPSA) is 41.6 Å². The Morgan fingerprint density at radius 1 is 1.11 bits per heavy atom. The van der Waals surface area contributed by atoms with Gasteiger partial charge in [-0.3, -0.25) is 5.10 Å². The molecule has 0 spiro atoms. The van der Waals surface area contributed by atoms with Crippen LogP contribution >= 0.6 is 0 Å². The lowest BCUT2D eigenvalue weighted by atomic mass is 9.49. The van der Waals surface area contributed by atoms with Crippen molar-refractivity contribution in [1.82, 2.24) is 15.2 Å². The quantitative estimate of drug-likeness (QED) is 0.899. The maximum absolute atomic E-state index is 4.72. The summed E-state index contributed by atoms with van der Waals surface area (Å²) >= 11 is 0. The van der Waals surface area contributed by atoms with Gasteiger partial charge in [0.05, 0.1) is 0 Å². The summed E-state index contributed by atoms with van der Waals surface area (Å²) in [6.07, 6.45) is 10.1. The molecule has 0 radical (unpaired) electrons. The molecule has 1 aromatic rings. The largest absolute Gasteiger partial charge is 0.263 e. The number of hydrogen-bond acceptors (Lipinski definition) is 2. The third-order valence-electron chi connectivity index (χ3n) is 5.77. The molecule has 4 fully saturated rings. The molecule has 104 valence electrons. The Bertz CT molecular complexity index is 439. The minimum Gasteiger partial charge on any atom is -0.263 e. The van der Waals surface area contributed by atoms with Crippen molar-refractivity contribution >= 4 is 0 Å². The Morgan fingerprint density at radius 2 is 1.68 bits per heavy atom. The van der Waals surface area contributed by atoms with E-state index in [2.05, 4.69) is 24.0 Å². The standard InChI is InChI=1S/C16H25N3/c1-10(2)15-17-14(18-19-15)9-16-6-11-3-12(7-16)5-13(4-11)8-16/h10-13H,3-9H2,1-2H3,(H,17,18,19). The molecule has 1 N–H and O–H groups in total. The average Bonchev–Trinajstić information content (AvgIpc) is 2.74. The Balaban J connectivity index is 1.55. The fourth-order valence-corrected chi connectivity index (χ4v) is 5.51. The molecule has 1 aromatic heterocycles. The lowest BCUT2D eigenvalue weighted by molar-refractivity contribution is -0.0531. The van der Waals surface area contributed by atoms with Crippen molar-refractivity contribution in [3.63, 3.8) is 0 Å². The van der Waals surface area contributed by atoms with Crippen molar-refractivity contribution in [2.45, 2.75) is 64.7 Å². The van der Waals surface area contributed by atoms with E-state index in [9.17, 15) is 0 Å². The minimum absolute atomic E-state index is 0.432. The zero-order chi connectivity index (χ0) is 13.0. The van der Waals surface area contributed by atoms with Crippen molar-refractivity contribution in [3.8, 4) is 0 Å². The monoisotopic (exact) mass is 259 g/mol. The fraction of sp³-hybridized carbons (Fsp3) is 0.875. The molecule has 0 atom stereocenters. The SMILES string of the molecule is CC(C)c1n[nH]c(CC23CC4CC(CC(C4)C2)C3)n1. The molecule has 0 aliphatic heterocycles. The van der Waals surface area contributed by atoms with E-state index in [-0.39, 0.29) is 0 Å². The summed E-state index contributed by atoms with van der Waals surface area (Å²) < 4.78 is 0. The van der Waals surface area contributed by atoms with E-state index in [0.29, 0.717) is 11.3 Å². The molecular weight excluding hydrogens is 234 g/mol. The highest BCUT2D eigenvalue weighted by Crippen LogP contribution is 2.60. The van der Waals surface area contributed by atoms with Crippen molar-refractivity contribution < 1.29 is 0 Å². The summed E-state index contributed by atoms with van der Waals surface area (Å²) in [5.74, 6) is 5.64. The van der Waals surface area contributed by atoms with Gasteiger partial charge in [0, 0.05) is 12.3 Å². The van der Waals surface area contributed by atoms with E-state index in [1.165, 1.54) is 38.5 Å². The highest BCUT2D eigenvalue weighted by molar-refractivity contribution is 5.06. The van der Waals surface area contributed by atoms with Crippen LogP contribution in [0.5, 0.6) is 0 Å². The summed E-state index contributed by atoms with van der Waals surface area (Å²) in [6, 6.07) is 0. The maximum atomic E-state index is 4.72. The Labute approximate surface area is 115 Å². The molecule has 4 bridgehead atoms. The van der Waals surface area contributed by atoms with Gasteiger partial charge in [0.15, 0.2) is 5.82 Å². The summed E-state index contributed by atoms with van der Waals surface area (Å²) in [6.45, 7) is 4.33. The van der Waals surface area contributed by atoms with Gasteiger partial charge >= 0.3 is 0 Å². The Morgan fingerprint density at radius 3 is 2.16 bits per heavy atom. The first-order valence-electron chi connectivity index (χ1n) is 8.03. The van der Waals surface area contributed by atoms with E-state index in [1.54, 1.807) is 0 Å². The molecule has 4 aliphatic rings. The number of aromatic amines is 1. The molecule has 3 heteroatoms. The highest BCUT2D eigenvalue weighted by Gasteiger charge is 2.51. The third-order valence-corrected chi connectivity index (χ3v) is 5.77. The van der Waals surface area contributed by atoms with Crippen LogP contribution in [0, 0.1) is 23.2 Å². The second-order valence-corrected chi connectivity index (χ2v) is 7.89. The molecule has 4 aliphatic carbocycles. The summed E-state index contributed by atoms with van der Waals surface area (Å²) in [5, 5.41) is 7.58. The van der Waals surface area contributed by atoms with Crippen LogP contribution in [0.3, 0.4) is 0 Å². The van der Waals surface area contributed by atoms with Gasteiger partial charge in [-0.2, -0.15) is 5.10 Å². The Hall–Kier alpha value is -0.860. The Kier molecular flexibility index (Phi) is 2.55. The summed E-state index contributed by atoms with van der Waals surface area (Å²) in [5.41, 5.74) is 0.572. The molecule has 0 aromatic carbocycles. The van der Waals surface area contributed by atoms with Gasteiger partial charge in [-0.15, -0.1) is 0 Å². The van der Waals surface area contributed by atoms with Gasteiger partial charge in [0.2, 0.25) is 0 Å². The van der Waals surface area contributed by atoms with Gasteiger partial charge in [0.1, 0.15) is 5.82 Å². The first-order chi connectivity index (χ1) is 9.12. The number of nitrogens with one attached hydrogen (secondary N) is 1. The molecule has 0 amide bonds. The van der Waals surface area contributed by atoms with Crippen LogP contribution in [-0.4, -0.2) is 15.2 Å². The van der Waals surface area contributed by atoms with Gasteiger partial charge < -0.3 is 0 Å². The first-order valence-corrected chi connectivity index (χ1v) is 8.03. The number of rotatable bonds is 3. The third kappa shape index (κ3) is 2.02. The molecule has 3 nitrogen and oxygen atoms in total. The highest BCUT2D eigenvalue weighted by atomic mass is 15.2. The number of hydrogen-bond donors (Lipinski definition) is 1. The predicted molar refractivity (Wildman–Crippen MR) is 74.8 cm³/mol. The van der Waals surface area contributed by atoms with Crippen LogP contribution in [-0.2, 0) is 6.42 Å². The number of nitrogens with zero attached hydrogens (tertiary/aromatic N) is 2. The fourth-order valence-electron chi connectivity index (χ4n) is 5.51. The molecule has 4 saturated carbocycles. The average molecular weight is 259 g/mol. The van der Waals surface area contributed by atoms with E-state index in [0.717, 1.165) is 35.8 Å². The minimum atomic E-state index is 0.432. The van der Waals surface area contributed by atoms with E-state index in [1.807, 2.05) is 0 Å². The van der Waals surface area contributed by atoms with Crippen LogP contribution in [0.4, 0.5) is 0 Å². The van der Waals surface area contributed by atoms with Crippen LogP contribution in [0.15, 0.2) is 0 Å². The van der Waals surface area contributed by atoms with E-state index < -0.39 is 0 Å². The summed E-state index contributed by atoms with van der Waals surface area (Å²) in [4.78, 5) is 4.72. The zero-order valence-corrected chi connectivity index (χ0v) is 12.2. The van der Waals surface area contributed by atoms with Gasteiger partial charge in [0.25, 0.3) is 0 Å². The van der Waals surface area contributed by atoms with Gasteiger partial charge in [-0.05, 0) is 61.7 Å². The molecular formula is C16H25N3. The van der Waals surface area contributed by atoms with Gasteiger partial charge in [-0.25, -0.2) is 4.98 Å². The van der Waals surface area contributed by atoms with Crippen molar-refractivity contribution in [1.29, 1.82) is 0 Å². The number of aromatic nitrogens is 3. The smallest absolute Gasteiger partial charge is 0.153 e. The van der Waals surface area contributed by atoms with Crippen LogP contribution in [0.2, 0.25) is 0 Å². The summed E-state index contributed by atoms with van der Waals surface area (Å²) in [7, 11) is 0. The van der Waals surface area contributed by atoms with Crippen molar-refractivity contribution in [2.75, 3.05) is 0 Å². The molecule has 0 saturated heterocycles. The maximum Gasteiger partial charge on any atom is 0.153 e. The lowest BCUT2D eigenvalue weighted by Crippen LogP contribution is -2.47. The second kappa shape index (κ2) is 4.07. The molecule has 5 rings (SSSR count). The second-order valence-electron chi connectivity index (χ2n) is 7.89. The molecule has 19 heavy (non-hydrogen) atoms. The first kappa shape index (κ1) is 11.9. The normalized spacial score (nSPS) is 40.3. The predicted octanol–water partition coefficient (Wildman–Crippen LogP) is 3.69. The van der Waals surface area contributed by atoms with Crippen LogP contribution in [0.1, 0.15) is 69.9 Å². The van der Waals surface area contributed by atoms with Crippen LogP contribution < -0.4 is 0 Å². The lowest BCUT2D eigenvalue weighted by Gasteiger charge is -2.56. The van der Waals surface area contributed by atoms with Crippen molar-refractivity contribution in [2.24, 2.45) is 23.2 Å². The van der Waals surface area contributed by atoms with Crippen molar-refractivity contribution in [3.05, 3.63) is 11.6 Å². The van der Waals surface area contributed by atoms with E-state index in [4.69, 9.17) is 4.98 Å².